The standard InChI is InChI=1S/C19H28BrN3O.ClH/c20-14-4-6-16(7-5-14)23-10-8-15(12-23)22-18-3-1-2-17(18)19-13-24-11-9-21-19;/h4-7,15,17-19,21-22H,1-3,8-13H2;1H. The van der Waals surface area contributed by atoms with Crippen molar-refractivity contribution in [2.75, 3.05) is 37.7 Å². The Kier molecular flexibility index (Phi) is 7.03. The van der Waals surface area contributed by atoms with E-state index in [9.17, 15) is 0 Å². The third kappa shape index (κ3) is 4.69. The Labute approximate surface area is 165 Å². The third-order valence-electron chi connectivity index (χ3n) is 5.87. The van der Waals surface area contributed by atoms with E-state index in [-0.39, 0.29) is 12.4 Å². The molecule has 3 aliphatic rings. The zero-order valence-corrected chi connectivity index (χ0v) is 17.0. The summed E-state index contributed by atoms with van der Waals surface area (Å²) in [6.45, 7) is 5.04. The molecule has 0 spiro atoms. The van der Waals surface area contributed by atoms with Crippen LogP contribution in [0.5, 0.6) is 0 Å². The molecule has 1 aliphatic carbocycles. The Morgan fingerprint density at radius 2 is 2.00 bits per heavy atom. The highest BCUT2D eigenvalue weighted by Crippen LogP contribution is 2.31. The van der Waals surface area contributed by atoms with Crippen LogP contribution in [0.1, 0.15) is 25.7 Å². The molecular formula is C19H29BrClN3O. The van der Waals surface area contributed by atoms with Crippen LogP contribution in [0.3, 0.4) is 0 Å². The number of anilines is 1. The second-order valence-corrected chi connectivity index (χ2v) is 8.33. The monoisotopic (exact) mass is 429 g/mol. The van der Waals surface area contributed by atoms with Gasteiger partial charge in [0.15, 0.2) is 0 Å². The summed E-state index contributed by atoms with van der Waals surface area (Å²) in [5, 5.41) is 7.67. The number of rotatable bonds is 4. The van der Waals surface area contributed by atoms with Crippen molar-refractivity contribution in [3.8, 4) is 0 Å². The van der Waals surface area contributed by atoms with Gasteiger partial charge in [0.2, 0.25) is 0 Å². The van der Waals surface area contributed by atoms with Gasteiger partial charge in [0.1, 0.15) is 0 Å². The molecule has 1 saturated carbocycles. The van der Waals surface area contributed by atoms with Crippen molar-refractivity contribution >= 4 is 34.0 Å². The van der Waals surface area contributed by atoms with E-state index in [0.717, 1.165) is 43.2 Å². The fourth-order valence-corrected chi connectivity index (χ4v) is 4.89. The molecule has 2 N–H and O–H groups in total. The molecule has 2 saturated heterocycles. The third-order valence-corrected chi connectivity index (χ3v) is 6.40. The molecule has 4 atom stereocenters. The van der Waals surface area contributed by atoms with Crippen molar-refractivity contribution in [2.45, 2.75) is 43.8 Å². The van der Waals surface area contributed by atoms with Crippen LogP contribution in [-0.4, -0.2) is 51.0 Å². The van der Waals surface area contributed by atoms with Crippen LogP contribution in [0.4, 0.5) is 5.69 Å². The summed E-state index contributed by atoms with van der Waals surface area (Å²) in [5.74, 6) is 0.729. The second-order valence-electron chi connectivity index (χ2n) is 7.41. The van der Waals surface area contributed by atoms with E-state index < -0.39 is 0 Å². The Hall–Kier alpha value is -0.330. The zero-order chi connectivity index (χ0) is 16.4. The van der Waals surface area contributed by atoms with E-state index >= 15 is 0 Å². The zero-order valence-electron chi connectivity index (χ0n) is 14.6. The highest BCUT2D eigenvalue weighted by atomic mass is 79.9. The topological polar surface area (TPSA) is 36.5 Å². The number of morpholine rings is 1. The van der Waals surface area contributed by atoms with Crippen molar-refractivity contribution in [1.82, 2.24) is 10.6 Å². The highest BCUT2D eigenvalue weighted by Gasteiger charge is 2.36. The molecule has 0 radical (unpaired) electrons. The molecule has 6 heteroatoms. The summed E-state index contributed by atoms with van der Waals surface area (Å²) >= 11 is 3.52. The molecule has 140 valence electrons. The van der Waals surface area contributed by atoms with Crippen LogP contribution in [-0.2, 0) is 4.74 Å². The van der Waals surface area contributed by atoms with Gasteiger partial charge in [-0.3, -0.25) is 0 Å². The maximum absolute atomic E-state index is 5.69. The number of benzene rings is 1. The van der Waals surface area contributed by atoms with Gasteiger partial charge >= 0.3 is 0 Å². The van der Waals surface area contributed by atoms with E-state index in [0.29, 0.717) is 18.1 Å². The fraction of sp³-hybridized carbons (Fsp3) is 0.684. The Morgan fingerprint density at radius 3 is 2.76 bits per heavy atom. The quantitative estimate of drug-likeness (QED) is 0.769. The lowest BCUT2D eigenvalue weighted by molar-refractivity contribution is 0.0518. The lowest BCUT2D eigenvalue weighted by Crippen LogP contribution is -2.52. The minimum atomic E-state index is 0. The van der Waals surface area contributed by atoms with Crippen molar-refractivity contribution in [3.63, 3.8) is 0 Å². The summed E-state index contributed by atoms with van der Waals surface area (Å²) in [6, 6.07) is 10.5. The van der Waals surface area contributed by atoms with E-state index in [1.54, 1.807) is 0 Å². The first-order valence-corrected chi connectivity index (χ1v) is 10.2. The number of nitrogens with zero attached hydrogens (tertiary/aromatic N) is 1. The van der Waals surface area contributed by atoms with Gasteiger partial charge < -0.3 is 20.3 Å². The summed E-state index contributed by atoms with van der Waals surface area (Å²) in [4.78, 5) is 2.51. The van der Waals surface area contributed by atoms with Gasteiger partial charge in [-0.15, -0.1) is 12.4 Å². The second kappa shape index (κ2) is 9.05. The van der Waals surface area contributed by atoms with Gasteiger partial charge in [-0.05, 0) is 49.4 Å². The van der Waals surface area contributed by atoms with Crippen molar-refractivity contribution in [1.29, 1.82) is 0 Å². The molecule has 1 aromatic carbocycles. The lowest BCUT2D eigenvalue weighted by atomic mass is 9.93. The molecule has 0 bridgehead atoms. The van der Waals surface area contributed by atoms with Crippen molar-refractivity contribution in [3.05, 3.63) is 28.7 Å². The number of hydrogen-bond donors (Lipinski definition) is 2. The first kappa shape index (κ1) is 19.4. The molecule has 1 aromatic rings. The fourth-order valence-electron chi connectivity index (χ4n) is 4.62. The summed E-state index contributed by atoms with van der Waals surface area (Å²) in [7, 11) is 0. The molecule has 4 nitrogen and oxygen atoms in total. The first-order valence-electron chi connectivity index (χ1n) is 9.37. The predicted molar refractivity (Wildman–Crippen MR) is 109 cm³/mol. The van der Waals surface area contributed by atoms with E-state index in [4.69, 9.17) is 4.74 Å². The number of ether oxygens (including phenoxy) is 1. The van der Waals surface area contributed by atoms with Gasteiger partial charge in [-0.2, -0.15) is 0 Å². The van der Waals surface area contributed by atoms with E-state index in [1.165, 1.54) is 31.4 Å². The van der Waals surface area contributed by atoms with Gasteiger partial charge in [-0.25, -0.2) is 0 Å². The maximum Gasteiger partial charge on any atom is 0.0623 e. The normalized spacial score (nSPS) is 32.6. The molecule has 4 rings (SSSR count). The van der Waals surface area contributed by atoms with Crippen LogP contribution in [0.2, 0.25) is 0 Å². The maximum atomic E-state index is 5.69. The summed E-state index contributed by atoms with van der Waals surface area (Å²) in [5.41, 5.74) is 1.34. The minimum Gasteiger partial charge on any atom is -0.379 e. The Bertz CT molecular complexity index is 538. The molecule has 2 heterocycles. The van der Waals surface area contributed by atoms with Crippen LogP contribution >= 0.6 is 28.3 Å². The average Bonchev–Trinajstić information content (AvgIpc) is 3.26. The van der Waals surface area contributed by atoms with Crippen molar-refractivity contribution in [2.24, 2.45) is 5.92 Å². The van der Waals surface area contributed by atoms with Crippen molar-refractivity contribution < 1.29 is 4.74 Å². The average molecular weight is 431 g/mol. The first-order chi connectivity index (χ1) is 11.8. The SMILES string of the molecule is Brc1ccc(N2CCC(NC3CCCC3C3COCCN3)C2)cc1.Cl. The number of hydrogen-bond acceptors (Lipinski definition) is 4. The van der Waals surface area contributed by atoms with Crippen LogP contribution in [0.15, 0.2) is 28.7 Å². The highest BCUT2D eigenvalue weighted by molar-refractivity contribution is 9.10. The molecular weight excluding hydrogens is 402 g/mol. The molecule has 0 amide bonds. The molecule has 2 aliphatic heterocycles. The predicted octanol–water partition coefficient (Wildman–Crippen LogP) is 3.20. The smallest absolute Gasteiger partial charge is 0.0623 e. The molecule has 0 aromatic heterocycles. The van der Waals surface area contributed by atoms with Gasteiger partial charge in [0.25, 0.3) is 0 Å². The summed E-state index contributed by atoms with van der Waals surface area (Å²) < 4.78 is 6.84. The minimum absolute atomic E-state index is 0. The number of nitrogens with one attached hydrogen (secondary N) is 2. The van der Waals surface area contributed by atoms with Crippen LogP contribution < -0.4 is 15.5 Å². The molecule has 25 heavy (non-hydrogen) atoms. The Morgan fingerprint density at radius 1 is 1.16 bits per heavy atom. The molecule has 3 fully saturated rings. The van der Waals surface area contributed by atoms with Crippen LogP contribution in [0.25, 0.3) is 0 Å². The lowest BCUT2D eigenvalue weighted by Gasteiger charge is -2.34. The number of halogens is 2. The summed E-state index contributed by atoms with van der Waals surface area (Å²) in [6.07, 6.45) is 5.25. The van der Waals surface area contributed by atoms with E-state index in [2.05, 4.69) is 55.7 Å². The van der Waals surface area contributed by atoms with Gasteiger partial charge in [0, 0.05) is 47.9 Å². The molecule has 4 unspecified atom stereocenters. The largest absolute Gasteiger partial charge is 0.379 e. The Balaban J connectivity index is 0.00000182. The van der Waals surface area contributed by atoms with Gasteiger partial charge in [-0.1, -0.05) is 22.4 Å². The van der Waals surface area contributed by atoms with Gasteiger partial charge in [0.05, 0.1) is 13.2 Å². The van der Waals surface area contributed by atoms with E-state index in [1.807, 2.05) is 0 Å². The van der Waals surface area contributed by atoms with Crippen LogP contribution in [0, 0.1) is 5.92 Å².